The molecule has 3 rings (SSSR count). The highest BCUT2D eigenvalue weighted by Crippen LogP contribution is 2.28. The highest BCUT2D eigenvalue weighted by molar-refractivity contribution is 5.80. The third kappa shape index (κ3) is 3.48. The number of aryl methyl sites for hydroxylation is 1. The molecule has 1 spiro atoms. The van der Waals surface area contributed by atoms with Gasteiger partial charge < -0.3 is 14.3 Å². The third-order valence-electron chi connectivity index (χ3n) is 5.68. The van der Waals surface area contributed by atoms with Crippen molar-refractivity contribution in [3.05, 3.63) is 35.4 Å². The molecule has 24 heavy (non-hydrogen) atoms. The van der Waals surface area contributed by atoms with E-state index in [2.05, 4.69) is 11.9 Å². The van der Waals surface area contributed by atoms with E-state index in [0.717, 1.165) is 55.7 Å². The third-order valence-corrected chi connectivity index (χ3v) is 5.68. The molecule has 0 aliphatic carbocycles. The second kappa shape index (κ2) is 6.47. The number of piperazine rings is 1. The highest BCUT2D eigenvalue weighted by Gasteiger charge is 2.44. The Morgan fingerprint density at radius 1 is 1.33 bits per heavy atom. The van der Waals surface area contributed by atoms with Crippen LogP contribution in [0.15, 0.2) is 24.3 Å². The molecule has 2 aliphatic heterocycles. The van der Waals surface area contributed by atoms with Gasteiger partial charge in [0.2, 0.25) is 0 Å². The minimum Gasteiger partial charge on any atom is -0.454 e. The molecule has 2 heterocycles. The minimum absolute atomic E-state index is 0.0859. The minimum atomic E-state index is -1.60. The number of ether oxygens (including phenoxy) is 1. The van der Waals surface area contributed by atoms with Crippen molar-refractivity contribution < 1.29 is 19.1 Å². The van der Waals surface area contributed by atoms with Crippen LogP contribution in [-0.4, -0.2) is 72.9 Å². The number of hydrogen-bond donors (Lipinski definition) is 1. The molecule has 2 fully saturated rings. The molecule has 1 aromatic carbocycles. The molecule has 2 saturated heterocycles. The molecule has 0 saturated carbocycles. The van der Waals surface area contributed by atoms with Crippen LogP contribution in [0.5, 0.6) is 0 Å². The van der Waals surface area contributed by atoms with E-state index in [-0.39, 0.29) is 6.10 Å². The van der Waals surface area contributed by atoms with Gasteiger partial charge in [0.05, 0.1) is 19.6 Å². The average molecular weight is 333 g/mol. The first kappa shape index (κ1) is 17.4. The topological polar surface area (TPSA) is 49.8 Å². The second-order valence-electron chi connectivity index (χ2n) is 7.76. The number of esters is 1. The van der Waals surface area contributed by atoms with Crippen molar-refractivity contribution in [3.8, 4) is 0 Å². The predicted octanol–water partition coefficient (Wildman–Crippen LogP) is 1.28. The molecule has 0 radical (unpaired) electrons. The number of carbonyl (C=O) groups is 1. The Bertz CT molecular complexity index is 606. The summed E-state index contributed by atoms with van der Waals surface area (Å²) >= 11 is 0. The lowest BCUT2D eigenvalue weighted by molar-refractivity contribution is -0.921. The van der Waals surface area contributed by atoms with Crippen molar-refractivity contribution in [2.24, 2.45) is 0 Å². The zero-order chi connectivity index (χ0) is 17.4. The van der Waals surface area contributed by atoms with Gasteiger partial charge in [-0.3, -0.25) is 4.90 Å². The average Bonchev–Trinajstić information content (AvgIpc) is 2.93. The molecule has 2 aliphatic rings. The standard InChI is InChI=1S/C19H29N2O3/c1-15-5-4-6-16(13-15)19(2,23)18(22)24-17-7-10-21(14-17)11-8-20(3)9-12-21/h4-6,13,17,23H,7-12,14H2,1-3H3/q+1. The van der Waals surface area contributed by atoms with Crippen molar-refractivity contribution >= 4 is 5.97 Å². The number of likely N-dealkylation sites (N-methyl/N-ethyl adjacent to an activating group) is 1. The Labute approximate surface area is 144 Å². The van der Waals surface area contributed by atoms with Gasteiger partial charge in [0.1, 0.15) is 6.54 Å². The van der Waals surface area contributed by atoms with Crippen LogP contribution in [0.25, 0.3) is 0 Å². The van der Waals surface area contributed by atoms with Crippen LogP contribution < -0.4 is 0 Å². The second-order valence-corrected chi connectivity index (χ2v) is 7.76. The number of carbonyl (C=O) groups excluding carboxylic acids is 1. The SMILES string of the molecule is Cc1cccc(C(C)(O)C(=O)OC2CC[N+]3(CCN(C)CC3)C2)c1. The molecular formula is C19H29N2O3+. The highest BCUT2D eigenvalue weighted by atomic mass is 16.6. The van der Waals surface area contributed by atoms with Gasteiger partial charge in [-0.2, -0.15) is 0 Å². The number of aliphatic hydroxyl groups is 1. The summed E-state index contributed by atoms with van der Waals surface area (Å²) in [5.41, 5.74) is 0.0130. The van der Waals surface area contributed by atoms with Crippen molar-refractivity contribution in [3.63, 3.8) is 0 Å². The maximum Gasteiger partial charge on any atom is 0.343 e. The van der Waals surface area contributed by atoms with Gasteiger partial charge in [0, 0.05) is 19.5 Å². The molecular weight excluding hydrogens is 304 g/mol. The number of quaternary nitrogens is 1. The fraction of sp³-hybridized carbons (Fsp3) is 0.632. The summed E-state index contributed by atoms with van der Waals surface area (Å²) in [5.74, 6) is -0.535. The Kier molecular flexibility index (Phi) is 4.69. The van der Waals surface area contributed by atoms with E-state index >= 15 is 0 Å². The van der Waals surface area contributed by atoms with Crippen LogP contribution in [0.3, 0.4) is 0 Å². The number of benzene rings is 1. The fourth-order valence-corrected chi connectivity index (χ4v) is 3.86. The Balaban J connectivity index is 1.63. The monoisotopic (exact) mass is 333 g/mol. The van der Waals surface area contributed by atoms with Crippen molar-refractivity contribution in [2.75, 3.05) is 46.3 Å². The molecule has 0 amide bonds. The summed E-state index contributed by atoms with van der Waals surface area (Å²) in [6, 6.07) is 7.41. The molecule has 1 N–H and O–H groups in total. The lowest BCUT2D eigenvalue weighted by Crippen LogP contribution is -2.57. The summed E-state index contributed by atoms with van der Waals surface area (Å²) < 4.78 is 6.76. The summed E-state index contributed by atoms with van der Waals surface area (Å²) in [4.78, 5) is 14.9. The van der Waals surface area contributed by atoms with Crippen LogP contribution in [0.4, 0.5) is 0 Å². The maximum absolute atomic E-state index is 12.6. The van der Waals surface area contributed by atoms with Gasteiger partial charge >= 0.3 is 5.97 Å². The van der Waals surface area contributed by atoms with Gasteiger partial charge in [0.15, 0.2) is 11.7 Å². The normalized spacial score (nSPS) is 26.2. The van der Waals surface area contributed by atoms with Gasteiger partial charge in [-0.25, -0.2) is 4.79 Å². The smallest absolute Gasteiger partial charge is 0.343 e. The molecule has 0 aromatic heterocycles. The predicted molar refractivity (Wildman–Crippen MR) is 92.5 cm³/mol. The first-order chi connectivity index (χ1) is 11.3. The molecule has 132 valence electrons. The summed E-state index contributed by atoms with van der Waals surface area (Å²) in [5, 5.41) is 10.7. The largest absolute Gasteiger partial charge is 0.454 e. The summed E-state index contributed by atoms with van der Waals surface area (Å²) in [6.45, 7) is 9.87. The molecule has 2 atom stereocenters. The van der Waals surface area contributed by atoms with Crippen LogP contribution in [0.1, 0.15) is 24.5 Å². The van der Waals surface area contributed by atoms with E-state index in [4.69, 9.17) is 4.74 Å². The van der Waals surface area contributed by atoms with E-state index in [1.807, 2.05) is 25.1 Å². The zero-order valence-corrected chi connectivity index (χ0v) is 15.0. The molecule has 0 bridgehead atoms. The molecule has 5 nitrogen and oxygen atoms in total. The summed E-state index contributed by atoms with van der Waals surface area (Å²) in [7, 11) is 2.16. The quantitative estimate of drug-likeness (QED) is 0.669. The molecule has 2 unspecified atom stereocenters. The number of nitrogens with zero attached hydrogens (tertiary/aromatic N) is 2. The Morgan fingerprint density at radius 3 is 2.71 bits per heavy atom. The van der Waals surface area contributed by atoms with E-state index in [1.54, 1.807) is 6.07 Å². The van der Waals surface area contributed by atoms with Gasteiger partial charge in [-0.1, -0.05) is 29.8 Å². The van der Waals surface area contributed by atoms with Crippen molar-refractivity contribution in [2.45, 2.75) is 32.0 Å². The lowest BCUT2D eigenvalue weighted by atomic mass is 9.95. The van der Waals surface area contributed by atoms with Crippen LogP contribution in [-0.2, 0) is 15.1 Å². The van der Waals surface area contributed by atoms with Crippen LogP contribution >= 0.6 is 0 Å². The first-order valence-electron chi connectivity index (χ1n) is 8.85. The van der Waals surface area contributed by atoms with Crippen molar-refractivity contribution in [1.29, 1.82) is 0 Å². The van der Waals surface area contributed by atoms with E-state index < -0.39 is 11.6 Å². The zero-order valence-electron chi connectivity index (χ0n) is 15.0. The Hall–Kier alpha value is -1.43. The number of rotatable bonds is 3. The lowest BCUT2D eigenvalue weighted by Gasteiger charge is -2.41. The van der Waals surface area contributed by atoms with Gasteiger partial charge in [-0.05, 0) is 26.5 Å². The van der Waals surface area contributed by atoms with Crippen LogP contribution in [0, 0.1) is 6.92 Å². The summed E-state index contributed by atoms with van der Waals surface area (Å²) in [6.07, 6.45) is 0.802. The first-order valence-corrected chi connectivity index (χ1v) is 8.85. The number of hydrogen-bond acceptors (Lipinski definition) is 4. The fourth-order valence-electron chi connectivity index (χ4n) is 3.86. The van der Waals surface area contributed by atoms with E-state index in [9.17, 15) is 9.90 Å². The van der Waals surface area contributed by atoms with Crippen molar-refractivity contribution in [1.82, 2.24) is 4.90 Å². The van der Waals surface area contributed by atoms with E-state index in [0.29, 0.717) is 5.56 Å². The van der Waals surface area contributed by atoms with E-state index in [1.165, 1.54) is 6.92 Å². The van der Waals surface area contributed by atoms with Gasteiger partial charge in [0.25, 0.3) is 0 Å². The maximum atomic E-state index is 12.6. The van der Waals surface area contributed by atoms with Crippen LogP contribution in [0.2, 0.25) is 0 Å². The molecule has 1 aromatic rings. The molecule has 5 heteroatoms. The van der Waals surface area contributed by atoms with Gasteiger partial charge in [-0.15, -0.1) is 0 Å². The Morgan fingerprint density at radius 2 is 2.04 bits per heavy atom.